The summed E-state index contributed by atoms with van der Waals surface area (Å²) in [5, 5.41) is 0. The Morgan fingerprint density at radius 2 is 1.68 bits per heavy atom. The van der Waals surface area contributed by atoms with Crippen molar-refractivity contribution in [2.45, 2.75) is 19.3 Å². The largest absolute Gasteiger partial charge is 0.497 e. The fraction of sp³-hybridized carbons (Fsp3) is 0.294. The van der Waals surface area contributed by atoms with E-state index in [1.54, 1.807) is 7.11 Å². The second kappa shape index (κ2) is 5.45. The Hall–Kier alpha value is -1.80. The van der Waals surface area contributed by atoms with E-state index in [9.17, 15) is 0 Å². The minimum absolute atomic E-state index is 0.0207. The number of nitrogens with two attached hydrogens (primary N) is 1. The normalized spacial score (nSPS) is 11.4. The van der Waals surface area contributed by atoms with Gasteiger partial charge in [-0.1, -0.05) is 50.2 Å². The molecule has 2 heteroatoms. The van der Waals surface area contributed by atoms with E-state index >= 15 is 0 Å². The van der Waals surface area contributed by atoms with Crippen LogP contribution in [0.2, 0.25) is 0 Å². The molecule has 0 aliphatic heterocycles. The van der Waals surface area contributed by atoms with Gasteiger partial charge in [0, 0.05) is 12.0 Å². The van der Waals surface area contributed by atoms with Gasteiger partial charge in [-0.15, -0.1) is 0 Å². The Balaban J connectivity index is 2.32. The molecule has 0 aliphatic carbocycles. The molecule has 2 rings (SSSR count). The molecule has 0 bridgehead atoms. The molecule has 0 unspecified atom stereocenters. The van der Waals surface area contributed by atoms with Gasteiger partial charge in [0.1, 0.15) is 5.75 Å². The summed E-state index contributed by atoms with van der Waals surface area (Å²) in [6.07, 6.45) is 0. The zero-order valence-electron chi connectivity index (χ0n) is 11.8. The predicted octanol–water partition coefficient (Wildman–Crippen LogP) is 3.60. The second-order valence-corrected chi connectivity index (χ2v) is 5.40. The average Bonchev–Trinajstić information content (AvgIpc) is 2.47. The molecule has 0 saturated carbocycles. The van der Waals surface area contributed by atoms with E-state index in [0.29, 0.717) is 6.54 Å². The topological polar surface area (TPSA) is 35.2 Å². The third-order valence-electron chi connectivity index (χ3n) is 3.58. The Labute approximate surface area is 115 Å². The van der Waals surface area contributed by atoms with Gasteiger partial charge in [-0.25, -0.2) is 0 Å². The van der Waals surface area contributed by atoms with Gasteiger partial charge >= 0.3 is 0 Å². The first-order valence-electron chi connectivity index (χ1n) is 6.52. The van der Waals surface area contributed by atoms with E-state index in [4.69, 9.17) is 10.5 Å². The molecule has 0 atom stereocenters. The van der Waals surface area contributed by atoms with Gasteiger partial charge in [-0.3, -0.25) is 0 Å². The van der Waals surface area contributed by atoms with E-state index in [-0.39, 0.29) is 5.41 Å². The number of hydrogen-bond donors (Lipinski definition) is 1. The second-order valence-electron chi connectivity index (χ2n) is 5.40. The van der Waals surface area contributed by atoms with E-state index in [1.165, 1.54) is 11.1 Å². The molecule has 0 amide bonds. The number of benzene rings is 2. The van der Waals surface area contributed by atoms with Gasteiger partial charge in [0.05, 0.1) is 7.11 Å². The van der Waals surface area contributed by atoms with Gasteiger partial charge in [-0.2, -0.15) is 0 Å². The summed E-state index contributed by atoms with van der Waals surface area (Å²) >= 11 is 0. The van der Waals surface area contributed by atoms with Crippen LogP contribution in [0, 0.1) is 0 Å². The van der Waals surface area contributed by atoms with E-state index in [0.717, 1.165) is 11.3 Å². The van der Waals surface area contributed by atoms with Gasteiger partial charge in [0.2, 0.25) is 0 Å². The number of hydrogen-bond acceptors (Lipinski definition) is 2. The Kier molecular flexibility index (Phi) is 3.91. The predicted molar refractivity (Wildman–Crippen MR) is 80.5 cm³/mol. The molecule has 0 aliphatic rings. The molecule has 2 aromatic carbocycles. The molecule has 2 nitrogen and oxygen atoms in total. The summed E-state index contributed by atoms with van der Waals surface area (Å²) in [6, 6.07) is 16.7. The van der Waals surface area contributed by atoms with Crippen molar-refractivity contribution < 1.29 is 4.74 Å². The highest BCUT2D eigenvalue weighted by atomic mass is 16.5. The first-order valence-corrected chi connectivity index (χ1v) is 6.52. The van der Waals surface area contributed by atoms with Gasteiger partial charge in [-0.05, 0) is 28.8 Å². The zero-order valence-corrected chi connectivity index (χ0v) is 11.8. The lowest BCUT2D eigenvalue weighted by Gasteiger charge is -2.23. The van der Waals surface area contributed by atoms with Crippen molar-refractivity contribution in [3.8, 4) is 16.9 Å². The van der Waals surface area contributed by atoms with Crippen LogP contribution in [0.4, 0.5) is 0 Å². The maximum atomic E-state index is 5.81. The highest BCUT2D eigenvalue weighted by Crippen LogP contribution is 2.27. The fourth-order valence-corrected chi connectivity index (χ4v) is 2.03. The quantitative estimate of drug-likeness (QED) is 0.906. The molecule has 19 heavy (non-hydrogen) atoms. The molecular weight excluding hydrogens is 234 g/mol. The maximum Gasteiger partial charge on any atom is 0.119 e. The molecule has 0 heterocycles. The van der Waals surface area contributed by atoms with Crippen LogP contribution in [0.25, 0.3) is 11.1 Å². The zero-order chi connectivity index (χ0) is 13.9. The van der Waals surface area contributed by atoms with E-state index < -0.39 is 0 Å². The standard InChI is InChI=1S/C17H21NO/c1-17(2,12-18)15-9-7-13(8-10-15)14-5-4-6-16(11-14)19-3/h4-11H,12,18H2,1-3H3. The minimum atomic E-state index is 0.0207. The number of ether oxygens (including phenoxy) is 1. The molecule has 2 aromatic rings. The van der Waals surface area contributed by atoms with Gasteiger partial charge in [0.15, 0.2) is 0 Å². The van der Waals surface area contributed by atoms with Crippen LogP contribution in [-0.4, -0.2) is 13.7 Å². The van der Waals surface area contributed by atoms with E-state index in [1.807, 2.05) is 18.2 Å². The van der Waals surface area contributed by atoms with Gasteiger partial charge < -0.3 is 10.5 Å². The molecule has 0 radical (unpaired) electrons. The van der Waals surface area contributed by atoms with Crippen molar-refractivity contribution >= 4 is 0 Å². The van der Waals surface area contributed by atoms with Crippen LogP contribution in [0.15, 0.2) is 48.5 Å². The summed E-state index contributed by atoms with van der Waals surface area (Å²) in [5.41, 5.74) is 9.45. The monoisotopic (exact) mass is 255 g/mol. The lowest BCUT2D eigenvalue weighted by Crippen LogP contribution is -2.27. The first-order chi connectivity index (χ1) is 9.06. The van der Waals surface area contributed by atoms with Crippen molar-refractivity contribution in [3.05, 3.63) is 54.1 Å². The van der Waals surface area contributed by atoms with Crippen molar-refractivity contribution in [3.63, 3.8) is 0 Å². The maximum absolute atomic E-state index is 5.81. The lowest BCUT2D eigenvalue weighted by atomic mass is 9.84. The van der Waals surface area contributed by atoms with Crippen LogP contribution in [0.1, 0.15) is 19.4 Å². The minimum Gasteiger partial charge on any atom is -0.497 e. The number of methoxy groups -OCH3 is 1. The third-order valence-corrected chi connectivity index (χ3v) is 3.58. The fourth-order valence-electron chi connectivity index (χ4n) is 2.03. The van der Waals surface area contributed by atoms with Crippen LogP contribution < -0.4 is 10.5 Å². The summed E-state index contributed by atoms with van der Waals surface area (Å²) < 4.78 is 5.26. The van der Waals surface area contributed by atoms with Crippen LogP contribution in [0.5, 0.6) is 5.75 Å². The smallest absolute Gasteiger partial charge is 0.119 e. The molecule has 0 spiro atoms. The summed E-state index contributed by atoms with van der Waals surface area (Å²) in [4.78, 5) is 0. The molecule has 100 valence electrons. The molecule has 2 N–H and O–H groups in total. The Bertz CT molecular complexity index is 543. The van der Waals surface area contributed by atoms with Crippen molar-refractivity contribution in [1.29, 1.82) is 0 Å². The highest BCUT2D eigenvalue weighted by Gasteiger charge is 2.17. The Morgan fingerprint density at radius 3 is 2.26 bits per heavy atom. The van der Waals surface area contributed by atoms with Gasteiger partial charge in [0.25, 0.3) is 0 Å². The summed E-state index contributed by atoms with van der Waals surface area (Å²) in [5.74, 6) is 0.879. The van der Waals surface area contributed by atoms with Crippen molar-refractivity contribution in [2.75, 3.05) is 13.7 Å². The SMILES string of the molecule is COc1cccc(-c2ccc(C(C)(C)CN)cc2)c1. The molecular formula is C17H21NO. The van der Waals surface area contributed by atoms with Crippen molar-refractivity contribution in [2.24, 2.45) is 5.73 Å². The lowest BCUT2D eigenvalue weighted by molar-refractivity contribution is 0.415. The van der Waals surface area contributed by atoms with Crippen LogP contribution in [-0.2, 0) is 5.41 Å². The average molecular weight is 255 g/mol. The Morgan fingerprint density at radius 1 is 1.00 bits per heavy atom. The van der Waals surface area contributed by atoms with Crippen LogP contribution >= 0.6 is 0 Å². The highest BCUT2D eigenvalue weighted by molar-refractivity contribution is 5.65. The van der Waals surface area contributed by atoms with E-state index in [2.05, 4.69) is 44.2 Å². The molecule has 0 aromatic heterocycles. The first kappa shape index (κ1) is 13.6. The summed E-state index contributed by atoms with van der Waals surface area (Å²) in [7, 11) is 1.69. The van der Waals surface area contributed by atoms with Crippen LogP contribution in [0.3, 0.4) is 0 Å². The molecule has 0 saturated heterocycles. The molecule has 0 fully saturated rings. The third kappa shape index (κ3) is 2.96. The summed E-state index contributed by atoms with van der Waals surface area (Å²) in [6.45, 7) is 4.96. The number of rotatable bonds is 4. The van der Waals surface area contributed by atoms with Crippen molar-refractivity contribution in [1.82, 2.24) is 0 Å².